The first-order valence-electron chi connectivity index (χ1n) is 4.77. The zero-order valence-corrected chi connectivity index (χ0v) is 9.87. The van der Waals surface area contributed by atoms with Crippen molar-refractivity contribution >= 4 is 16.7 Å². The molecule has 3 N–H and O–H groups in total. The number of nitrogens with zero attached hydrogens (tertiary/aromatic N) is 3. The Balaban J connectivity index is 2.31. The van der Waals surface area contributed by atoms with Gasteiger partial charge in [-0.1, -0.05) is 5.21 Å². The van der Waals surface area contributed by atoms with Gasteiger partial charge in [0.2, 0.25) is 5.91 Å². The molecule has 0 saturated carbocycles. The van der Waals surface area contributed by atoms with Gasteiger partial charge in [0.25, 0.3) is 0 Å². The molecule has 1 heterocycles. The van der Waals surface area contributed by atoms with E-state index in [1.165, 1.54) is 4.68 Å². The maximum Gasteiger partial charge on any atom is 0.241 e. The van der Waals surface area contributed by atoms with E-state index in [4.69, 9.17) is 5.73 Å². The lowest BCUT2D eigenvalue weighted by Gasteiger charge is -2.03. The van der Waals surface area contributed by atoms with E-state index in [0.717, 1.165) is 0 Å². The van der Waals surface area contributed by atoms with Crippen molar-refractivity contribution < 1.29 is 9.00 Å². The van der Waals surface area contributed by atoms with Gasteiger partial charge >= 0.3 is 0 Å². The highest BCUT2D eigenvalue weighted by Gasteiger charge is 2.04. The SMILES string of the molecule is CS(=O)CCNC(=O)Cn1cc(CN)nn1. The molecule has 0 aliphatic rings. The van der Waals surface area contributed by atoms with Gasteiger partial charge in [0.1, 0.15) is 6.54 Å². The molecule has 8 heteroatoms. The van der Waals surface area contributed by atoms with Crippen molar-refractivity contribution in [3.63, 3.8) is 0 Å². The molecule has 0 fully saturated rings. The lowest BCUT2D eigenvalue weighted by atomic mass is 10.5. The Morgan fingerprint density at radius 1 is 1.69 bits per heavy atom. The zero-order chi connectivity index (χ0) is 12.0. The van der Waals surface area contributed by atoms with Crippen LogP contribution in [0.3, 0.4) is 0 Å². The third-order valence-electron chi connectivity index (χ3n) is 1.81. The molecule has 1 aromatic rings. The van der Waals surface area contributed by atoms with Crippen LogP contribution in [0.25, 0.3) is 0 Å². The molecule has 0 aromatic carbocycles. The summed E-state index contributed by atoms with van der Waals surface area (Å²) >= 11 is 0. The number of aromatic nitrogens is 3. The van der Waals surface area contributed by atoms with Gasteiger partial charge in [-0.05, 0) is 0 Å². The first kappa shape index (κ1) is 12.8. The van der Waals surface area contributed by atoms with Crippen molar-refractivity contribution in [1.29, 1.82) is 0 Å². The van der Waals surface area contributed by atoms with Crippen LogP contribution in [-0.4, -0.2) is 43.7 Å². The minimum atomic E-state index is -0.892. The predicted octanol–water partition coefficient (Wildman–Crippen LogP) is -1.77. The second kappa shape index (κ2) is 6.33. The highest BCUT2D eigenvalue weighted by molar-refractivity contribution is 7.84. The number of amides is 1. The normalized spacial score (nSPS) is 12.4. The van der Waals surface area contributed by atoms with Crippen LogP contribution in [0.1, 0.15) is 5.69 Å². The minimum Gasteiger partial charge on any atom is -0.354 e. The van der Waals surface area contributed by atoms with Crippen molar-refractivity contribution in [2.45, 2.75) is 13.1 Å². The van der Waals surface area contributed by atoms with Gasteiger partial charge in [-0.2, -0.15) is 0 Å². The molecule has 1 unspecified atom stereocenters. The number of nitrogens with two attached hydrogens (primary N) is 1. The Bertz CT molecular complexity index is 378. The minimum absolute atomic E-state index is 0.101. The second-order valence-electron chi connectivity index (χ2n) is 3.24. The molecule has 0 spiro atoms. The van der Waals surface area contributed by atoms with E-state index in [2.05, 4.69) is 15.6 Å². The molecule has 1 rings (SSSR count). The predicted molar refractivity (Wildman–Crippen MR) is 59.9 cm³/mol. The summed E-state index contributed by atoms with van der Waals surface area (Å²) in [7, 11) is -0.892. The van der Waals surface area contributed by atoms with Crippen LogP contribution >= 0.6 is 0 Å². The molecule has 0 saturated heterocycles. The van der Waals surface area contributed by atoms with Crippen molar-refractivity contribution in [2.75, 3.05) is 18.6 Å². The fourth-order valence-corrected chi connectivity index (χ4v) is 1.44. The van der Waals surface area contributed by atoms with E-state index in [9.17, 15) is 9.00 Å². The molecule has 1 amide bonds. The smallest absolute Gasteiger partial charge is 0.241 e. The molecular weight excluding hydrogens is 230 g/mol. The molecule has 1 atom stereocenters. The molecule has 0 aliphatic heterocycles. The summed E-state index contributed by atoms with van der Waals surface area (Å²) in [4.78, 5) is 11.4. The van der Waals surface area contributed by atoms with Crippen LogP contribution in [0.4, 0.5) is 0 Å². The Morgan fingerprint density at radius 2 is 2.44 bits per heavy atom. The standard InChI is InChI=1S/C8H15N5O2S/c1-16(15)3-2-10-8(14)6-13-5-7(4-9)11-12-13/h5H,2-4,6,9H2,1H3,(H,10,14). The fraction of sp³-hybridized carbons (Fsp3) is 0.625. The Morgan fingerprint density at radius 3 is 3.00 bits per heavy atom. The number of carbonyl (C=O) groups excluding carboxylic acids is 1. The summed E-state index contributed by atoms with van der Waals surface area (Å²) in [6, 6.07) is 0. The molecule has 1 aromatic heterocycles. The summed E-state index contributed by atoms with van der Waals surface area (Å²) in [6.45, 7) is 0.806. The van der Waals surface area contributed by atoms with E-state index in [1.807, 2.05) is 0 Å². The van der Waals surface area contributed by atoms with Gasteiger partial charge in [-0.25, -0.2) is 4.68 Å². The Kier molecular flexibility index (Phi) is 5.06. The van der Waals surface area contributed by atoms with Gasteiger partial charge in [-0.15, -0.1) is 5.10 Å². The molecule has 0 aliphatic carbocycles. The number of hydrogen-bond acceptors (Lipinski definition) is 5. The maximum absolute atomic E-state index is 11.4. The van der Waals surface area contributed by atoms with Crippen LogP contribution in [0.15, 0.2) is 6.20 Å². The van der Waals surface area contributed by atoms with Crippen molar-refractivity contribution in [3.05, 3.63) is 11.9 Å². The highest BCUT2D eigenvalue weighted by Crippen LogP contribution is 1.90. The number of rotatable bonds is 6. The average molecular weight is 245 g/mol. The largest absolute Gasteiger partial charge is 0.354 e. The second-order valence-corrected chi connectivity index (χ2v) is 4.79. The molecule has 16 heavy (non-hydrogen) atoms. The summed E-state index contributed by atoms with van der Waals surface area (Å²) in [5.41, 5.74) is 6.00. The van der Waals surface area contributed by atoms with Crippen LogP contribution in [0.5, 0.6) is 0 Å². The zero-order valence-electron chi connectivity index (χ0n) is 9.05. The monoisotopic (exact) mass is 245 g/mol. The summed E-state index contributed by atoms with van der Waals surface area (Å²) in [5, 5.41) is 10.1. The van der Waals surface area contributed by atoms with E-state index in [-0.39, 0.29) is 12.5 Å². The maximum atomic E-state index is 11.4. The van der Waals surface area contributed by atoms with Crippen LogP contribution < -0.4 is 11.1 Å². The van der Waals surface area contributed by atoms with Crippen LogP contribution in [-0.2, 0) is 28.7 Å². The first-order chi connectivity index (χ1) is 7.61. The number of nitrogens with one attached hydrogen (secondary N) is 1. The van der Waals surface area contributed by atoms with Crippen molar-refractivity contribution in [2.24, 2.45) is 5.73 Å². The Hall–Kier alpha value is -1.28. The molecule has 0 bridgehead atoms. The molecule has 0 radical (unpaired) electrons. The summed E-state index contributed by atoms with van der Waals surface area (Å²) in [5.74, 6) is 0.274. The molecule has 90 valence electrons. The number of hydrogen-bond donors (Lipinski definition) is 2. The van der Waals surface area contributed by atoms with Crippen LogP contribution in [0, 0.1) is 0 Å². The van der Waals surface area contributed by atoms with Gasteiger partial charge in [-0.3, -0.25) is 9.00 Å². The third kappa shape index (κ3) is 4.49. The number of carbonyl (C=O) groups is 1. The van der Waals surface area contributed by atoms with Gasteiger partial charge in [0, 0.05) is 35.9 Å². The van der Waals surface area contributed by atoms with Crippen LogP contribution in [0.2, 0.25) is 0 Å². The van der Waals surface area contributed by atoms with Gasteiger partial charge in [0.05, 0.1) is 11.9 Å². The lowest BCUT2D eigenvalue weighted by Crippen LogP contribution is -2.30. The fourth-order valence-electron chi connectivity index (χ4n) is 1.05. The van der Waals surface area contributed by atoms with E-state index in [1.54, 1.807) is 12.5 Å². The first-order valence-corrected chi connectivity index (χ1v) is 6.50. The molecule has 7 nitrogen and oxygen atoms in total. The van der Waals surface area contributed by atoms with Crippen molar-refractivity contribution in [1.82, 2.24) is 20.3 Å². The van der Waals surface area contributed by atoms with Crippen molar-refractivity contribution in [3.8, 4) is 0 Å². The highest BCUT2D eigenvalue weighted by atomic mass is 32.2. The van der Waals surface area contributed by atoms with E-state index < -0.39 is 10.8 Å². The summed E-state index contributed by atoms with van der Waals surface area (Å²) < 4.78 is 12.2. The third-order valence-corrected chi connectivity index (χ3v) is 2.59. The quantitative estimate of drug-likeness (QED) is 0.617. The topological polar surface area (TPSA) is 103 Å². The van der Waals surface area contributed by atoms with E-state index >= 15 is 0 Å². The lowest BCUT2D eigenvalue weighted by molar-refractivity contribution is -0.121. The molecular formula is C8H15N5O2S. The summed E-state index contributed by atoms with van der Waals surface area (Å²) in [6.07, 6.45) is 3.22. The van der Waals surface area contributed by atoms with Gasteiger partial charge in [0.15, 0.2) is 0 Å². The average Bonchev–Trinajstić information content (AvgIpc) is 2.65. The Labute approximate surface area is 95.8 Å². The van der Waals surface area contributed by atoms with E-state index in [0.29, 0.717) is 24.5 Å². The van der Waals surface area contributed by atoms with Gasteiger partial charge < -0.3 is 11.1 Å².